The average Bonchev–Trinajstić information content (AvgIpc) is 2.44. The van der Waals surface area contributed by atoms with E-state index in [2.05, 4.69) is 0 Å². The van der Waals surface area contributed by atoms with Crippen LogP contribution in [0.2, 0.25) is 0 Å². The van der Waals surface area contributed by atoms with Crippen molar-refractivity contribution in [1.82, 2.24) is 0 Å². The number of carbonyl (C=O) groups is 2. The molecule has 1 aromatic rings. The zero-order valence-electron chi connectivity index (χ0n) is 11.5. The number of rotatable bonds is 7. The van der Waals surface area contributed by atoms with Crippen molar-refractivity contribution >= 4 is 11.7 Å². The molecule has 0 aliphatic carbocycles. The standard InChI is InChI=1S/C14H18N2O4/c1-19-12-6-4-9(7-13(12)20-2)3-5-10(15)8-11(17)14(16)18/h4,6-8H,3,5,15H2,1-2H3,(H2,16,18)/b10-8-. The fourth-order valence-corrected chi connectivity index (χ4v) is 1.64. The number of aryl methyl sites for hydroxylation is 1. The molecule has 108 valence electrons. The van der Waals surface area contributed by atoms with Crippen LogP contribution in [0, 0.1) is 0 Å². The molecule has 4 N–H and O–H groups in total. The third-order valence-electron chi connectivity index (χ3n) is 2.71. The molecule has 0 saturated carbocycles. The van der Waals surface area contributed by atoms with Crippen molar-refractivity contribution in [1.29, 1.82) is 0 Å². The molecule has 6 heteroatoms. The van der Waals surface area contributed by atoms with Crippen LogP contribution in [0.1, 0.15) is 12.0 Å². The van der Waals surface area contributed by atoms with Gasteiger partial charge in [0.05, 0.1) is 14.2 Å². The third-order valence-corrected chi connectivity index (χ3v) is 2.71. The molecule has 0 aromatic heterocycles. The molecule has 6 nitrogen and oxygen atoms in total. The number of ether oxygens (including phenoxy) is 2. The minimum atomic E-state index is -1.01. The van der Waals surface area contributed by atoms with Crippen LogP contribution in [0.15, 0.2) is 30.0 Å². The van der Waals surface area contributed by atoms with E-state index in [-0.39, 0.29) is 0 Å². The van der Waals surface area contributed by atoms with Crippen molar-refractivity contribution in [2.24, 2.45) is 11.5 Å². The lowest BCUT2D eigenvalue weighted by Gasteiger charge is -2.09. The summed E-state index contributed by atoms with van der Waals surface area (Å²) in [6.45, 7) is 0. The molecule has 0 aliphatic heterocycles. The molecule has 0 heterocycles. The highest BCUT2D eigenvalue weighted by Gasteiger charge is 2.07. The molecular formula is C14H18N2O4. The molecule has 0 radical (unpaired) electrons. The minimum absolute atomic E-state index is 0.309. The van der Waals surface area contributed by atoms with Gasteiger partial charge in [0.1, 0.15) is 0 Å². The molecule has 0 bridgehead atoms. The maximum Gasteiger partial charge on any atom is 0.289 e. The van der Waals surface area contributed by atoms with Gasteiger partial charge in [-0.05, 0) is 30.5 Å². The minimum Gasteiger partial charge on any atom is -0.493 e. The maximum atomic E-state index is 11.1. The summed E-state index contributed by atoms with van der Waals surface area (Å²) in [5.41, 5.74) is 11.8. The van der Waals surface area contributed by atoms with E-state index >= 15 is 0 Å². The monoisotopic (exact) mass is 278 g/mol. The quantitative estimate of drug-likeness (QED) is 0.559. The van der Waals surface area contributed by atoms with Crippen LogP contribution in [0.5, 0.6) is 11.5 Å². The first-order valence-corrected chi connectivity index (χ1v) is 5.98. The molecule has 1 amide bonds. The zero-order chi connectivity index (χ0) is 15.1. The summed E-state index contributed by atoms with van der Waals surface area (Å²) in [5, 5.41) is 0. The molecule has 0 saturated heterocycles. The number of hydrogen-bond donors (Lipinski definition) is 2. The van der Waals surface area contributed by atoms with E-state index in [1.165, 1.54) is 0 Å². The van der Waals surface area contributed by atoms with Crippen LogP contribution in [0.25, 0.3) is 0 Å². The second-order valence-electron chi connectivity index (χ2n) is 4.14. The Hall–Kier alpha value is -2.50. The van der Waals surface area contributed by atoms with Crippen molar-refractivity contribution in [3.63, 3.8) is 0 Å². The fourth-order valence-electron chi connectivity index (χ4n) is 1.64. The lowest BCUT2D eigenvalue weighted by atomic mass is 10.1. The fraction of sp³-hybridized carbons (Fsp3) is 0.286. The Morgan fingerprint density at radius 1 is 1.15 bits per heavy atom. The predicted octanol–water partition coefficient (Wildman–Crippen LogP) is 0.533. The maximum absolute atomic E-state index is 11.1. The van der Waals surface area contributed by atoms with E-state index in [9.17, 15) is 9.59 Å². The van der Waals surface area contributed by atoms with Gasteiger partial charge >= 0.3 is 0 Å². The Morgan fingerprint density at radius 3 is 2.35 bits per heavy atom. The zero-order valence-corrected chi connectivity index (χ0v) is 11.5. The van der Waals surface area contributed by atoms with E-state index in [0.717, 1.165) is 11.6 Å². The molecule has 0 fully saturated rings. The highest BCUT2D eigenvalue weighted by Crippen LogP contribution is 2.28. The Balaban J connectivity index is 2.70. The Labute approximate surface area is 117 Å². The molecule has 0 aliphatic rings. The summed E-state index contributed by atoms with van der Waals surface area (Å²) in [6.07, 6.45) is 2.10. The number of methoxy groups -OCH3 is 2. The summed E-state index contributed by atoms with van der Waals surface area (Å²) >= 11 is 0. The first kappa shape index (κ1) is 15.6. The molecule has 1 aromatic carbocycles. The first-order chi connectivity index (χ1) is 9.47. The number of primary amides is 1. The van der Waals surface area contributed by atoms with Gasteiger partial charge < -0.3 is 20.9 Å². The lowest BCUT2D eigenvalue weighted by molar-refractivity contribution is -0.133. The predicted molar refractivity (Wildman–Crippen MR) is 74.3 cm³/mol. The smallest absolute Gasteiger partial charge is 0.289 e. The van der Waals surface area contributed by atoms with E-state index in [1.54, 1.807) is 20.3 Å². The molecule has 0 spiro atoms. The number of hydrogen-bond acceptors (Lipinski definition) is 5. The number of nitrogens with two attached hydrogens (primary N) is 2. The summed E-state index contributed by atoms with van der Waals surface area (Å²) < 4.78 is 10.3. The molecule has 20 heavy (non-hydrogen) atoms. The number of benzene rings is 1. The van der Waals surface area contributed by atoms with Crippen LogP contribution < -0.4 is 20.9 Å². The van der Waals surface area contributed by atoms with Crippen molar-refractivity contribution in [3.8, 4) is 11.5 Å². The van der Waals surface area contributed by atoms with Crippen molar-refractivity contribution in [3.05, 3.63) is 35.5 Å². The molecular weight excluding hydrogens is 260 g/mol. The second-order valence-corrected chi connectivity index (χ2v) is 4.14. The SMILES string of the molecule is COc1ccc(CC/C(N)=C/C(=O)C(N)=O)cc1OC. The topological polar surface area (TPSA) is 105 Å². The lowest BCUT2D eigenvalue weighted by Crippen LogP contribution is -2.22. The molecule has 0 atom stereocenters. The van der Waals surface area contributed by atoms with Gasteiger partial charge in [0, 0.05) is 11.8 Å². The van der Waals surface area contributed by atoms with Crippen LogP contribution in [0.3, 0.4) is 0 Å². The number of amides is 1. The van der Waals surface area contributed by atoms with Gasteiger partial charge in [-0.15, -0.1) is 0 Å². The van der Waals surface area contributed by atoms with Crippen LogP contribution in [0.4, 0.5) is 0 Å². The molecule has 0 unspecified atom stereocenters. The summed E-state index contributed by atoms with van der Waals surface area (Å²) in [5.74, 6) is -0.543. The largest absolute Gasteiger partial charge is 0.493 e. The van der Waals surface area contributed by atoms with Gasteiger partial charge in [-0.1, -0.05) is 6.07 Å². The third kappa shape index (κ3) is 4.31. The first-order valence-electron chi connectivity index (χ1n) is 5.98. The van der Waals surface area contributed by atoms with E-state index in [0.29, 0.717) is 30.0 Å². The number of ketones is 1. The van der Waals surface area contributed by atoms with E-state index < -0.39 is 11.7 Å². The Morgan fingerprint density at radius 2 is 1.80 bits per heavy atom. The highest BCUT2D eigenvalue weighted by atomic mass is 16.5. The summed E-state index contributed by atoms with van der Waals surface area (Å²) in [7, 11) is 3.12. The average molecular weight is 278 g/mol. The Kier molecular flexibility index (Phi) is 5.58. The van der Waals surface area contributed by atoms with Crippen molar-refractivity contribution in [2.75, 3.05) is 14.2 Å². The van der Waals surface area contributed by atoms with Gasteiger partial charge in [0.15, 0.2) is 11.5 Å². The summed E-state index contributed by atoms with van der Waals surface area (Å²) in [6, 6.07) is 5.51. The van der Waals surface area contributed by atoms with Crippen molar-refractivity contribution < 1.29 is 19.1 Å². The molecule has 1 rings (SSSR count). The van der Waals surface area contributed by atoms with Crippen LogP contribution in [-0.2, 0) is 16.0 Å². The van der Waals surface area contributed by atoms with Crippen LogP contribution in [-0.4, -0.2) is 25.9 Å². The van der Waals surface area contributed by atoms with Gasteiger partial charge in [-0.3, -0.25) is 9.59 Å². The van der Waals surface area contributed by atoms with E-state index in [4.69, 9.17) is 20.9 Å². The summed E-state index contributed by atoms with van der Waals surface area (Å²) in [4.78, 5) is 21.7. The second kappa shape index (κ2) is 7.18. The van der Waals surface area contributed by atoms with Crippen LogP contribution >= 0.6 is 0 Å². The number of carbonyl (C=O) groups excluding carboxylic acids is 2. The van der Waals surface area contributed by atoms with Gasteiger partial charge in [-0.2, -0.15) is 0 Å². The highest BCUT2D eigenvalue weighted by molar-refractivity contribution is 6.40. The van der Waals surface area contributed by atoms with Gasteiger partial charge in [-0.25, -0.2) is 0 Å². The normalized spacial score (nSPS) is 11.0. The van der Waals surface area contributed by atoms with E-state index in [1.807, 2.05) is 12.1 Å². The van der Waals surface area contributed by atoms with Crippen molar-refractivity contribution in [2.45, 2.75) is 12.8 Å². The van der Waals surface area contributed by atoms with Gasteiger partial charge in [0.25, 0.3) is 5.91 Å². The van der Waals surface area contributed by atoms with Gasteiger partial charge in [0.2, 0.25) is 5.78 Å². The Bertz CT molecular complexity index is 538. The number of allylic oxidation sites excluding steroid dienone is 1.